The number of benzene rings is 4. The van der Waals surface area contributed by atoms with Crippen molar-refractivity contribution in [2.75, 3.05) is 4.72 Å². The van der Waals surface area contributed by atoms with E-state index in [0.29, 0.717) is 10.7 Å². The van der Waals surface area contributed by atoms with Gasteiger partial charge in [-0.25, -0.2) is 13.4 Å². The van der Waals surface area contributed by atoms with E-state index in [2.05, 4.69) is 54.8 Å². The molecule has 0 radical (unpaired) electrons. The number of sulfonamides is 1. The predicted molar refractivity (Wildman–Crippen MR) is 179 cm³/mol. The van der Waals surface area contributed by atoms with Crippen molar-refractivity contribution in [2.24, 2.45) is 11.0 Å². The molecule has 1 saturated carbocycles. The van der Waals surface area contributed by atoms with E-state index >= 15 is 0 Å². The molecule has 0 aromatic heterocycles. The van der Waals surface area contributed by atoms with Crippen molar-refractivity contribution in [3.05, 3.63) is 133 Å². The van der Waals surface area contributed by atoms with Crippen LogP contribution in [0.1, 0.15) is 46.8 Å². The van der Waals surface area contributed by atoms with Gasteiger partial charge >= 0.3 is 0 Å². The fourth-order valence-electron chi connectivity index (χ4n) is 5.58. The van der Waals surface area contributed by atoms with E-state index in [1.807, 2.05) is 36.4 Å². The summed E-state index contributed by atoms with van der Waals surface area (Å²) in [7, 11) is -3.96. The Bertz CT molecular complexity index is 1840. The zero-order chi connectivity index (χ0) is 30.1. The third-order valence-electron chi connectivity index (χ3n) is 7.62. The van der Waals surface area contributed by atoms with Gasteiger partial charge < -0.3 is 0 Å². The molecule has 218 valence electrons. The van der Waals surface area contributed by atoms with Crippen LogP contribution < -0.4 is 4.72 Å². The molecule has 4 aromatic rings. The summed E-state index contributed by atoms with van der Waals surface area (Å²) >= 11 is 13.0. The molecular formula is C33H26Br2ClN3O3S. The highest BCUT2D eigenvalue weighted by Crippen LogP contribution is 2.45. The zero-order valence-corrected chi connectivity index (χ0v) is 27.5. The van der Waals surface area contributed by atoms with Crippen LogP contribution in [0.2, 0.25) is 5.02 Å². The van der Waals surface area contributed by atoms with Crippen LogP contribution in [0.5, 0.6) is 0 Å². The summed E-state index contributed by atoms with van der Waals surface area (Å²) in [6.45, 7) is 0. The number of nitrogens with one attached hydrogen (secondary N) is 1. The van der Waals surface area contributed by atoms with E-state index in [1.54, 1.807) is 41.4 Å². The number of carbonyl (C=O) groups is 1. The predicted octanol–water partition coefficient (Wildman–Crippen LogP) is 9.10. The Morgan fingerprint density at radius 2 is 1.60 bits per heavy atom. The van der Waals surface area contributed by atoms with Crippen LogP contribution in [0.3, 0.4) is 0 Å². The molecule has 1 fully saturated rings. The van der Waals surface area contributed by atoms with E-state index in [0.717, 1.165) is 50.6 Å². The number of amides is 1. The van der Waals surface area contributed by atoms with Gasteiger partial charge in [0.25, 0.3) is 15.9 Å². The number of rotatable bonds is 6. The minimum absolute atomic E-state index is 0.0130. The number of carbonyl (C=O) groups excluding carboxylic acids is 1. The fraction of sp³-hybridized carbons (Fsp3) is 0.152. The molecule has 1 aliphatic carbocycles. The van der Waals surface area contributed by atoms with Crippen LogP contribution in [0, 0.1) is 5.92 Å². The SMILES string of the molecule is O=C(c1cccc(S(=O)(=O)Nc2ccc(Cl)cc2)c1)N1N=C2/C(=C\c3ccc(Br)cc3)CCC[C@@H]2[C@H]1c1ccc(Br)cc1. The topological polar surface area (TPSA) is 78.8 Å². The molecule has 6 rings (SSSR count). The average Bonchev–Trinajstić information content (AvgIpc) is 3.40. The standard InChI is InChI=1S/C33H26Br2ClN3O3S/c34-25-11-7-21(8-12-25)19-23-3-2-6-30-31(23)37-39(32(30)22-9-13-26(35)14-10-22)33(40)24-4-1-5-29(20-24)43(41,42)38-28-17-15-27(36)16-18-28/h1,4-5,7-20,30,32,38H,2-3,6H2/b23-19-/t30-,32+/m0/s1. The molecule has 4 aromatic carbocycles. The molecule has 2 aliphatic rings. The second-order valence-corrected chi connectivity index (χ2v) is 14.4. The number of hydrogen-bond donors (Lipinski definition) is 1. The van der Waals surface area contributed by atoms with Crippen LogP contribution in [0.4, 0.5) is 5.69 Å². The maximum atomic E-state index is 14.2. The van der Waals surface area contributed by atoms with E-state index in [4.69, 9.17) is 16.7 Å². The van der Waals surface area contributed by atoms with Gasteiger partial charge in [-0.2, -0.15) is 5.10 Å². The van der Waals surface area contributed by atoms with Crippen LogP contribution >= 0.6 is 43.5 Å². The van der Waals surface area contributed by atoms with Crippen LogP contribution in [-0.2, 0) is 10.0 Å². The zero-order valence-electron chi connectivity index (χ0n) is 22.8. The average molecular weight is 740 g/mol. The maximum Gasteiger partial charge on any atom is 0.274 e. The van der Waals surface area contributed by atoms with Gasteiger partial charge in [-0.1, -0.05) is 73.8 Å². The summed E-state index contributed by atoms with van der Waals surface area (Å²) in [5.41, 5.74) is 4.66. The lowest BCUT2D eigenvalue weighted by Crippen LogP contribution is -2.32. The Balaban J connectivity index is 1.37. The number of hydrazone groups is 1. The summed E-state index contributed by atoms with van der Waals surface area (Å²) in [5, 5.41) is 7.01. The minimum atomic E-state index is -3.96. The summed E-state index contributed by atoms with van der Waals surface area (Å²) in [6, 6.07) is 28.2. The first-order valence-corrected chi connectivity index (χ1v) is 17.2. The number of hydrogen-bond acceptors (Lipinski definition) is 4. The molecule has 2 atom stereocenters. The second-order valence-electron chi connectivity index (χ2n) is 10.5. The molecular weight excluding hydrogens is 714 g/mol. The number of anilines is 1. The number of halogens is 3. The van der Waals surface area contributed by atoms with E-state index in [9.17, 15) is 13.2 Å². The van der Waals surface area contributed by atoms with E-state index < -0.39 is 10.0 Å². The summed E-state index contributed by atoms with van der Waals surface area (Å²) in [4.78, 5) is 14.2. The van der Waals surface area contributed by atoms with Gasteiger partial charge in [-0.15, -0.1) is 0 Å². The van der Waals surface area contributed by atoms with Crippen molar-refractivity contribution in [1.82, 2.24) is 5.01 Å². The quantitative estimate of drug-likeness (QED) is 0.214. The summed E-state index contributed by atoms with van der Waals surface area (Å²) in [5.74, 6) is -0.347. The lowest BCUT2D eigenvalue weighted by molar-refractivity contribution is 0.0680. The minimum Gasteiger partial charge on any atom is -0.280 e. The highest BCUT2D eigenvalue weighted by Gasteiger charge is 2.44. The van der Waals surface area contributed by atoms with Gasteiger partial charge in [0.2, 0.25) is 0 Å². The molecule has 43 heavy (non-hydrogen) atoms. The molecule has 10 heteroatoms. The third-order valence-corrected chi connectivity index (χ3v) is 10.3. The van der Waals surface area contributed by atoms with Gasteiger partial charge in [-0.3, -0.25) is 9.52 Å². The third kappa shape index (κ3) is 6.50. The van der Waals surface area contributed by atoms with Crippen molar-refractivity contribution in [3.8, 4) is 0 Å². The van der Waals surface area contributed by atoms with Crippen molar-refractivity contribution in [3.63, 3.8) is 0 Å². The molecule has 1 aliphatic heterocycles. The Kier molecular flexibility index (Phi) is 8.60. The van der Waals surface area contributed by atoms with Gasteiger partial charge in [0.1, 0.15) is 0 Å². The van der Waals surface area contributed by atoms with Gasteiger partial charge in [0, 0.05) is 31.1 Å². The van der Waals surface area contributed by atoms with Crippen molar-refractivity contribution in [1.29, 1.82) is 0 Å². The Morgan fingerprint density at radius 3 is 2.30 bits per heavy atom. The summed E-state index contributed by atoms with van der Waals surface area (Å²) < 4.78 is 31.0. The monoisotopic (exact) mass is 737 g/mol. The Labute approximate surface area is 272 Å². The van der Waals surface area contributed by atoms with Crippen LogP contribution in [-0.4, -0.2) is 25.0 Å². The second kappa shape index (κ2) is 12.4. The van der Waals surface area contributed by atoms with Gasteiger partial charge in [-0.05, 0) is 109 Å². The highest BCUT2D eigenvalue weighted by molar-refractivity contribution is 9.10. The van der Waals surface area contributed by atoms with Gasteiger partial charge in [0.15, 0.2) is 0 Å². The molecule has 0 spiro atoms. The normalized spacial score (nSPS) is 19.2. The van der Waals surface area contributed by atoms with Crippen molar-refractivity contribution < 1.29 is 13.2 Å². The van der Waals surface area contributed by atoms with E-state index in [-0.39, 0.29) is 28.3 Å². The summed E-state index contributed by atoms with van der Waals surface area (Å²) in [6.07, 6.45) is 4.88. The largest absolute Gasteiger partial charge is 0.280 e. The first-order chi connectivity index (χ1) is 20.7. The van der Waals surface area contributed by atoms with Crippen molar-refractivity contribution in [2.45, 2.75) is 30.2 Å². The van der Waals surface area contributed by atoms with Crippen LogP contribution in [0.15, 0.2) is 122 Å². The molecule has 0 saturated heterocycles. The first-order valence-electron chi connectivity index (χ1n) is 13.7. The fourth-order valence-corrected chi connectivity index (χ4v) is 7.34. The van der Waals surface area contributed by atoms with Gasteiger partial charge in [0.05, 0.1) is 16.6 Å². The first kappa shape index (κ1) is 29.8. The molecule has 0 unspecified atom stereocenters. The van der Waals surface area contributed by atoms with E-state index in [1.165, 1.54) is 12.1 Å². The highest BCUT2D eigenvalue weighted by atomic mass is 79.9. The smallest absolute Gasteiger partial charge is 0.274 e. The molecule has 6 nitrogen and oxygen atoms in total. The maximum absolute atomic E-state index is 14.2. The van der Waals surface area contributed by atoms with Crippen molar-refractivity contribution >= 4 is 76.9 Å². The number of nitrogens with zero attached hydrogens (tertiary/aromatic N) is 2. The molecule has 0 bridgehead atoms. The number of fused-ring (bicyclic) bond motifs is 1. The number of allylic oxidation sites excluding steroid dienone is 1. The molecule has 1 amide bonds. The molecule has 1 heterocycles. The lowest BCUT2D eigenvalue weighted by atomic mass is 9.77. The Morgan fingerprint density at radius 1 is 0.930 bits per heavy atom. The molecule has 1 N–H and O–H groups in total. The Hall–Kier alpha value is -3.24. The van der Waals surface area contributed by atoms with Crippen LogP contribution in [0.25, 0.3) is 6.08 Å². The lowest BCUT2D eigenvalue weighted by Gasteiger charge is -2.29.